The molecule has 11 rings (SSSR count). The lowest BCUT2D eigenvalue weighted by molar-refractivity contribution is 0.340. The molecule has 0 radical (unpaired) electrons. The summed E-state index contributed by atoms with van der Waals surface area (Å²) in [5.41, 5.74) is 12.9. The second kappa shape index (κ2) is 21.2. The Labute approximate surface area is 407 Å². The van der Waals surface area contributed by atoms with Gasteiger partial charge in [0.15, 0.2) is 0 Å². The average Bonchev–Trinajstić information content (AvgIpc) is 3.42. The Morgan fingerprint density at radius 2 is 0.574 bits per heavy atom. The molecule has 68 heavy (non-hydrogen) atoms. The predicted octanol–water partition coefficient (Wildman–Crippen LogP) is 18.6. The van der Waals surface area contributed by atoms with Crippen LogP contribution in [0.4, 0.5) is 11.4 Å². The molecule has 2 heteroatoms. The SMILES string of the molecule is C(=C\c1ccc2c(-c3ccccc3)c(-c3ccccc3)c3ccc(/C=C/c4ccc(N(C5CCCCC5)C5CCCCC5)cc4)cc3c2c1)/c1ccc(N(C2CCCCC2)C2CCCCC2)cc1. The minimum Gasteiger partial charge on any atom is -0.366 e. The first-order chi connectivity index (χ1) is 33.7. The third-order valence-corrected chi connectivity index (χ3v) is 16.5. The summed E-state index contributed by atoms with van der Waals surface area (Å²) in [4.78, 5) is 5.72. The minimum atomic E-state index is 0.694. The molecule has 4 fully saturated rings. The van der Waals surface area contributed by atoms with E-state index in [0.717, 1.165) is 0 Å². The van der Waals surface area contributed by atoms with Crippen LogP contribution in [0.5, 0.6) is 0 Å². The van der Waals surface area contributed by atoms with E-state index in [-0.39, 0.29) is 0 Å². The molecule has 0 amide bonds. The summed E-state index contributed by atoms with van der Waals surface area (Å²) in [6, 6.07) is 58.2. The van der Waals surface area contributed by atoms with E-state index in [2.05, 4.69) is 180 Å². The quantitative estimate of drug-likeness (QED) is 0.0891. The monoisotopic (exact) mass is 893 g/mol. The Balaban J connectivity index is 0.942. The number of hydrogen-bond donors (Lipinski definition) is 0. The zero-order chi connectivity index (χ0) is 45.5. The first-order valence-electron chi connectivity index (χ1n) is 27.0. The summed E-state index contributed by atoms with van der Waals surface area (Å²) in [7, 11) is 0. The highest BCUT2D eigenvalue weighted by Gasteiger charge is 2.30. The van der Waals surface area contributed by atoms with Crippen LogP contribution in [0.25, 0.3) is 68.1 Å². The highest BCUT2D eigenvalue weighted by molar-refractivity contribution is 6.22. The smallest absolute Gasteiger partial charge is 0.0371 e. The molecule has 4 aliphatic rings. The highest BCUT2D eigenvalue weighted by Crippen LogP contribution is 2.45. The first-order valence-corrected chi connectivity index (χ1v) is 27.0. The summed E-state index contributed by atoms with van der Waals surface area (Å²) in [5, 5.41) is 5.15. The van der Waals surface area contributed by atoms with E-state index in [1.54, 1.807) is 0 Å². The van der Waals surface area contributed by atoms with Gasteiger partial charge in [-0.1, -0.05) is 211 Å². The van der Waals surface area contributed by atoms with Crippen molar-refractivity contribution in [3.05, 3.63) is 168 Å². The van der Waals surface area contributed by atoms with Gasteiger partial charge in [0.25, 0.3) is 0 Å². The fourth-order valence-corrected chi connectivity index (χ4v) is 13.1. The number of hydrogen-bond acceptors (Lipinski definition) is 2. The normalized spacial score (nSPS) is 18.2. The van der Waals surface area contributed by atoms with Crippen molar-refractivity contribution in [3.8, 4) is 22.3 Å². The molecule has 0 unspecified atom stereocenters. The van der Waals surface area contributed by atoms with Gasteiger partial charge in [-0.25, -0.2) is 0 Å². The van der Waals surface area contributed by atoms with Crippen LogP contribution in [0.3, 0.4) is 0 Å². The number of rotatable bonds is 12. The molecule has 7 aromatic rings. The number of fused-ring (bicyclic) bond motifs is 3. The van der Waals surface area contributed by atoms with Crippen molar-refractivity contribution in [2.75, 3.05) is 9.80 Å². The minimum absolute atomic E-state index is 0.694. The first kappa shape index (κ1) is 44.6. The molecule has 0 N–H and O–H groups in total. The van der Waals surface area contributed by atoms with Crippen molar-refractivity contribution in [1.82, 2.24) is 0 Å². The molecule has 0 aromatic heterocycles. The van der Waals surface area contributed by atoms with Gasteiger partial charge < -0.3 is 9.80 Å². The zero-order valence-corrected chi connectivity index (χ0v) is 40.5. The molecule has 0 saturated heterocycles. The van der Waals surface area contributed by atoms with E-state index in [1.165, 1.54) is 206 Å². The Morgan fingerprint density at radius 3 is 0.897 bits per heavy atom. The van der Waals surface area contributed by atoms with E-state index < -0.39 is 0 Å². The van der Waals surface area contributed by atoms with Crippen molar-refractivity contribution in [2.24, 2.45) is 0 Å². The maximum absolute atomic E-state index is 2.86. The summed E-state index contributed by atoms with van der Waals surface area (Å²) >= 11 is 0. The lowest BCUT2D eigenvalue weighted by Gasteiger charge is -2.43. The van der Waals surface area contributed by atoms with Gasteiger partial charge >= 0.3 is 0 Å². The topological polar surface area (TPSA) is 6.48 Å². The van der Waals surface area contributed by atoms with Crippen LogP contribution in [0, 0.1) is 0 Å². The molecule has 4 saturated carbocycles. The molecule has 0 heterocycles. The van der Waals surface area contributed by atoms with Crippen LogP contribution in [0.2, 0.25) is 0 Å². The molecule has 0 aliphatic heterocycles. The summed E-state index contributed by atoms with van der Waals surface area (Å²) in [6.07, 6.45) is 36.7. The average molecular weight is 893 g/mol. The fourth-order valence-electron chi connectivity index (χ4n) is 13.1. The van der Waals surface area contributed by atoms with Gasteiger partial charge in [-0.15, -0.1) is 0 Å². The van der Waals surface area contributed by atoms with E-state index >= 15 is 0 Å². The standard InChI is InChI=1S/C66H72N2/c1-7-19-53(20-8-1)65-61-45-39-51(33-31-49-35-41-59(42-36-49)67(55-23-11-3-12-24-55)56-25-13-4-14-26-56)47-63(61)64-48-52(40-46-62(64)66(65)54-21-9-2-10-22-54)34-32-50-37-43-60(44-38-50)68(57-27-15-5-16-28-57)58-29-17-6-18-30-58/h1-2,7-10,19-22,31-48,55-58H,3-6,11-18,23-30H2/b33-31+,34-32+. The fraction of sp³-hybridized carbons (Fsp3) is 0.364. The Kier molecular flexibility index (Phi) is 13.9. The molecular formula is C66H72N2. The van der Waals surface area contributed by atoms with Gasteiger partial charge in [-0.05, 0) is 154 Å². The van der Waals surface area contributed by atoms with Gasteiger partial charge in [0.2, 0.25) is 0 Å². The van der Waals surface area contributed by atoms with Gasteiger partial charge in [-0.2, -0.15) is 0 Å². The largest absolute Gasteiger partial charge is 0.366 e. The zero-order valence-electron chi connectivity index (χ0n) is 40.5. The molecule has 2 nitrogen and oxygen atoms in total. The van der Waals surface area contributed by atoms with Crippen molar-refractivity contribution in [3.63, 3.8) is 0 Å². The number of nitrogens with zero attached hydrogens (tertiary/aromatic N) is 2. The van der Waals surface area contributed by atoms with Gasteiger partial charge in [0, 0.05) is 35.5 Å². The maximum atomic E-state index is 2.86. The summed E-state index contributed by atoms with van der Waals surface area (Å²) in [5.74, 6) is 0. The third-order valence-electron chi connectivity index (χ3n) is 16.5. The van der Waals surface area contributed by atoms with Crippen molar-refractivity contribution < 1.29 is 0 Å². The van der Waals surface area contributed by atoms with E-state index in [0.29, 0.717) is 24.2 Å². The third kappa shape index (κ3) is 9.85. The summed E-state index contributed by atoms with van der Waals surface area (Å²) in [6.45, 7) is 0. The van der Waals surface area contributed by atoms with Crippen molar-refractivity contribution in [1.29, 1.82) is 0 Å². The lowest BCUT2D eigenvalue weighted by Crippen LogP contribution is -2.45. The Bertz CT molecular complexity index is 2560. The number of benzene rings is 7. The van der Waals surface area contributed by atoms with Crippen LogP contribution in [-0.2, 0) is 0 Å². The molecule has 0 bridgehead atoms. The van der Waals surface area contributed by atoms with Gasteiger partial charge in [-0.3, -0.25) is 0 Å². The van der Waals surface area contributed by atoms with Crippen LogP contribution in [0.15, 0.2) is 146 Å². The maximum Gasteiger partial charge on any atom is 0.0371 e. The van der Waals surface area contributed by atoms with E-state index in [9.17, 15) is 0 Å². The van der Waals surface area contributed by atoms with Crippen molar-refractivity contribution in [2.45, 2.75) is 153 Å². The second-order valence-corrected chi connectivity index (χ2v) is 20.9. The van der Waals surface area contributed by atoms with Gasteiger partial charge in [0.1, 0.15) is 0 Å². The predicted molar refractivity (Wildman–Crippen MR) is 296 cm³/mol. The molecule has 7 aromatic carbocycles. The van der Waals surface area contributed by atoms with E-state index in [1.807, 2.05) is 0 Å². The molecule has 0 spiro atoms. The van der Waals surface area contributed by atoms with Crippen LogP contribution in [-0.4, -0.2) is 24.2 Å². The molecule has 346 valence electrons. The second-order valence-electron chi connectivity index (χ2n) is 20.9. The van der Waals surface area contributed by atoms with E-state index in [4.69, 9.17) is 0 Å². The molecule has 0 atom stereocenters. The summed E-state index contributed by atoms with van der Waals surface area (Å²) < 4.78 is 0. The van der Waals surface area contributed by atoms with Crippen LogP contribution in [0.1, 0.15) is 151 Å². The number of anilines is 2. The lowest BCUT2D eigenvalue weighted by atomic mass is 9.84. The Hall–Kier alpha value is -5.86. The highest BCUT2D eigenvalue weighted by atomic mass is 15.2. The molecule has 4 aliphatic carbocycles. The molecular weight excluding hydrogens is 821 g/mol. The van der Waals surface area contributed by atoms with Crippen LogP contribution < -0.4 is 9.80 Å². The Morgan fingerprint density at radius 1 is 0.279 bits per heavy atom. The van der Waals surface area contributed by atoms with Crippen LogP contribution >= 0.6 is 0 Å². The van der Waals surface area contributed by atoms with Gasteiger partial charge in [0.05, 0.1) is 0 Å². The van der Waals surface area contributed by atoms with Crippen molar-refractivity contribution >= 4 is 57.2 Å².